The molecular formula is C15H20ClNO2. The van der Waals surface area contributed by atoms with Crippen molar-refractivity contribution in [2.45, 2.75) is 33.6 Å². The molecule has 0 unspecified atom stereocenters. The summed E-state index contributed by atoms with van der Waals surface area (Å²) in [6, 6.07) is 5.38. The van der Waals surface area contributed by atoms with Gasteiger partial charge in [-0.1, -0.05) is 51.5 Å². The normalized spacial score (nSPS) is 12.3. The van der Waals surface area contributed by atoms with E-state index in [1.165, 1.54) is 0 Å². The third-order valence-corrected chi connectivity index (χ3v) is 3.43. The summed E-state index contributed by atoms with van der Waals surface area (Å²) >= 11 is 5.89. The molecular weight excluding hydrogens is 262 g/mol. The SMILES string of the molecule is CC(C)C(=Cc1ccc(C(C)C)c([N+](=O)[O-])c1)CCl. The summed E-state index contributed by atoms with van der Waals surface area (Å²) in [7, 11) is 0. The average Bonchev–Trinajstić information content (AvgIpc) is 2.34. The summed E-state index contributed by atoms with van der Waals surface area (Å²) in [4.78, 5) is 10.8. The van der Waals surface area contributed by atoms with E-state index >= 15 is 0 Å². The van der Waals surface area contributed by atoms with Crippen LogP contribution in [0.4, 0.5) is 5.69 Å². The third kappa shape index (κ3) is 4.06. The number of hydrogen-bond acceptors (Lipinski definition) is 2. The van der Waals surface area contributed by atoms with E-state index < -0.39 is 0 Å². The molecule has 0 radical (unpaired) electrons. The van der Waals surface area contributed by atoms with Crippen LogP contribution >= 0.6 is 11.6 Å². The molecule has 0 saturated heterocycles. The molecule has 3 nitrogen and oxygen atoms in total. The van der Waals surface area contributed by atoms with Crippen molar-refractivity contribution < 1.29 is 4.92 Å². The molecule has 0 atom stereocenters. The van der Waals surface area contributed by atoms with Crippen LogP contribution in [0, 0.1) is 16.0 Å². The minimum atomic E-state index is -0.317. The fourth-order valence-electron chi connectivity index (χ4n) is 1.87. The minimum Gasteiger partial charge on any atom is -0.258 e. The standard InChI is InChI=1S/C15H20ClNO2/c1-10(2)13(9-16)7-12-5-6-14(11(3)4)15(8-12)17(18)19/h5-8,10-11H,9H2,1-4H3. The second kappa shape index (κ2) is 6.71. The van der Waals surface area contributed by atoms with Gasteiger partial charge >= 0.3 is 0 Å². The van der Waals surface area contributed by atoms with Crippen molar-refractivity contribution in [1.82, 2.24) is 0 Å². The van der Waals surface area contributed by atoms with Crippen LogP contribution in [-0.2, 0) is 0 Å². The van der Waals surface area contributed by atoms with E-state index in [1.54, 1.807) is 6.07 Å². The number of nitro benzene ring substituents is 1. The smallest absolute Gasteiger partial charge is 0.258 e. The maximum Gasteiger partial charge on any atom is 0.273 e. The van der Waals surface area contributed by atoms with Gasteiger partial charge in [0.15, 0.2) is 0 Å². The van der Waals surface area contributed by atoms with Crippen LogP contribution in [-0.4, -0.2) is 10.8 Å². The van der Waals surface area contributed by atoms with E-state index in [4.69, 9.17) is 11.6 Å². The van der Waals surface area contributed by atoms with Crippen molar-refractivity contribution in [2.75, 3.05) is 5.88 Å². The van der Waals surface area contributed by atoms with Crippen molar-refractivity contribution in [3.05, 3.63) is 45.0 Å². The van der Waals surface area contributed by atoms with Gasteiger partial charge in [0.25, 0.3) is 5.69 Å². The maximum atomic E-state index is 11.1. The van der Waals surface area contributed by atoms with Gasteiger partial charge < -0.3 is 0 Å². The molecule has 0 aromatic heterocycles. The number of benzene rings is 1. The zero-order valence-electron chi connectivity index (χ0n) is 11.8. The van der Waals surface area contributed by atoms with Crippen LogP contribution in [0.3, 0.4) is 0 Å². The highest BCUT2D eigenvalue weighted by molar-refractivity contribution is 6.19. The molecule has 19 heavy (non-hydrogen) atoms. The predicted octanol–water partition coefficient (Wildman–Crippen LogP) is 5.00. The molecule has 0 aliphatic rings. The Bertz CT molecular complexity index is 493. The highest BCUT2D eigenvalue weighted by Gasteiger charge is 2.16. The molecule has 0 fully saturated rings. The number of nitrogens with zero attached hydrogens (tertiary/aromatic N) is 1. The van der Waals surface area contributed by atoms with E-state index in [0.717, 1.165) is 16.7 Å². The molecule has 0 aliphatic heterocycles. The molecule has 1 aromatic rings. The first-order valence-corrected chi connectivity index (χ1v) is 6.95. The van der Waals surface area contributed by atoms with Crippen molar-refractivity contribution in [3.8, 4) is 0 Å². The zero-order valence-corrected chi connectivity index (χ0v) is 12.6. The van der Waals surface area contributed by atoms with E-state index in [2.05, 4.69) is 13.8 Å². The molecule has 104 valence electrons. The summed E-state index contributed by atoms with van der Waals surface area (Å²) in [6.07, 6.45) is 1.94. The maximum absolute atomic E-state index is 11.1. The topological polar surface area (TPSA) is 43.1 Å². The number of hydrogen-bond donors (Lipinski definition) is 0. The van der Waals surface area contributed by atoms with Crippen molar-refractivity contribution in [2.24, 2.45) is 5.92 Å². The molecule has 0 heterocycles. The number of alkyl halides is 1. The van der Waals surface area contributed by atoms with Crippen LogP contribution in [0.5, 0.6) is 0 Å². The predicted molar refractivity (Wildman–Crippen MR) is 80.7 cm³/mol. The first kappa shape index (κ1) is 15.7. The van der Waals surface area contributed by atoms with Crippen LogP contribution in [0.2, 0.25) is 0 Å². The highest BCUT2D eigenvalue weighted by Crippen LogP contribution is 2.28. The summed E-state index contributed by atoms with van der Waals surface area (Å²) < 4.78 is 0. The van der Waals surface area contributed by atoms with Gasteiger partial charge in [0.05, 0.1) is 4.92 Å². The van der Waals surface area contributed by atoms with Gasteiger partial charge in [-0.2, -0.15) is 0 Å². The Morgan fingerprint density at radius 1 is 1.37 bits per heavy atom. The first-order valence-electron chi connectivity index (χ1n) is 6.41. The first-order chi connectivity index (χ1) is 8.86. The van der Waals surface area contributed by atoms with Gasteiger partial charge in [-0.25, -0.2) is 0 Å². The lowest BCUT2D eigenvalue weighted by Crippen LogP contribution is -1.99. The van der Waals surface area contributed by atoms with Gasteiger partial charge in [0.1, 0.15) is 0 Å². The Morgan fingerprint density at radius 3 is 2.42 bits per heavy atom. The number of halogens is 1. The Labute approximate surface area is 119 Å². The second-order valence-electron chi connectivity index (χ2n) is 5.24. The second-order valence-corrected chi connectivity index (χ2v) is 5.50. The highest BCUT2D eigenvalue weighted by atomic mass is 35.5. The lowest BCUT2D eigenvalue weighted by molar-refractivity contribution is -0.385. The van der Waals surface area contributed by atoms with E-state index in [-0.39, 0.29) is 16.5 Å². The van der Waals surface area contributed by atoms with Crippen LogP contribution in [0.15, 0.2) is 23.8 Å². The average molecular weight is 282 g/mol. The summed E-state index contributed by atoms with van der Waals surface area (Å²) in [5.41, 5.74) is 2.86. The van der Waals surface area contributed by atoms with Crippen molar-refractivity contribution in [3.63, 3.8) is 0 Å². The number of allylic oxidation sites excluding steroid dienone is 1. The quantitative estimate of drug-likeness (QED) is 0.433. The van der Waals surface area contributed by atoms with E-state index in [0.29, 0.717) is 11.8 Å². The summed E-state index contributed by atoms with van der Waals surface area (Å²) in [6.45, 7) is 8.03. The molecule has 0 saturated carbocycles. The summed E-state index contributed by atoms with van der Waals surface area (Å²) in [5.74, 6) is 0.912. The Hall–Kier alpha value is -1.35. The number of rotatable bonds is 5. The van der Waals surface area contributed by atoms with E-state index in [1.807, 2.05) is 32.1 Å². The van der Waals surface area contributed by atoms with Crippen molar-refractivity contribution >= 4 is 23.4 Å². The molecule has 0 N–H and O–H groups in total. The molecule has 0 bridgehead atoms. The monoisotopic (exact) mass is 281 g/mol. The van der Waals surface area contributed by atoms with Crippen LogP contribution < -0.4 is 0 Å². The molecule has 4 heteroatoms. The summed E-state index contributed by atoms with van der Waals surface area (Å²) in [5, 5.41) is 11.1. The fourth-order valence-corrected chi connectivity index (χ4v) is 2.26. The van der Waals surface area contributed by atoms with E-state index in [9.17, 15) is 10.1 Å². The lowest BCUT2D eigenvalue weighted by Gasteiger charge is -2.10. The molecule has 0 amide bonds. The zero-order chi connectivity index (χ0) is 14.6. The third-order valence-electron chi connectivity index (χ3n) is 3.12. The Morgan fingerprint density at radius 2 is 2.00 bits per heavy atom. The molecule has 0 spiro atoms. The van der Waals surface area contributed by atoms with Crippen LogP contribution in [0.1, 0.15) is 44.7 Å². The van der Waals surface area contributed by atoms with Crippen molar-refractivity contribution in [1.29, 1.82) is 0 Å². The molecule has 0 aliphatic carbocycles. The van der Waals surface area contributed by atoms with Gasteiger partial charge in [0, 0.05) is 17.5 Å². The minimum absolute atomic E-state index is 0.135. The van der Waals surface area contributed by atoms with Crippen LogP contribution in [0.25, 0.3) is 6.08 Å². The van der Waals surface area contributed by atoms with Gasteiger partial charge in [0.2, 0.25) is 0 Å². The molecule has 1 rings (SSSR count). The number of nitro groups is 1. The lowest BCUT2D eigenvalue weighted by atomic mass is 9.97. The largest absolute Gasteiger partial charge is 0.273 e. The molecule has 1 aromatic carbocycles. The van der Waals surface area contributed by atoms with Gasteiger partial charge in [-0.3, -0.25) is 10.1 Å². The Kier molecular flexibility index (Phi) is 5.55. The van der Waals surface area contributed by atoms with Gasteiger partial charge in [-0.15, -0.1) is 11.6 Å². The fraction of sp³-hybridized carbons (Fsp3) is 0.467. The Balaban J connectivity index is 3.26. The van der Waals surface area contributed by atoms with Gasteiger partial charge in [-0.05, 0) is 17.4 Å².